The Morgan fingerprint density at radius 2 is 2.00 bits per heavy atom. The number of allylic oxidation sites excluding steroid dienone is 4. The first-order valence-corrected chi connectivity index (χ1v) is 10.3. The van der Waals surface area contributed by atoms with Crippen LogP contribution in [0.3, 0.4) is 0 Å². The zero-order chi connectivity index (χ0) is 17.2. The monoisotopic (exact) mass is 361 g/mol. The van der Waals surface area contributed by atoms with Crippen molar-refractivity contribution >= 4 is 11.8 Å². The Bertz CT molecular complexity index is 676. The third-order valence-corrected chi connectivity index (χ3v) is 7.19. The molecule has 1 aromatic rings. The maximum Gasteiger partial charge on any atom is 0.123 e. The van der Waals surface area contributed by atoms with Crippen LogP contribution in [0, 0.1) is 23.6 Å². The minimum Gasteiger partial charge on any atom is -0.303 e. The van der Waals surface area contributed by atoms with Crippen molar-refractivity contribution in [3.8, 4) is 0 Å². The van der Waals surface area contributed by atoms with Crippen LogP contribution in [0.1, 0.15) is 24.8 Å². The van der Waals surface area contributed by atoms with E-state index >= 15 is 0 Å². The lowest BCUT2D eigenvalue weighted by Crippen LogP contribution is -2.40. The summed E-state index contributed by atoms with van der Waals surface area (Å²) < 4.78 is 26.6. The molecule has 0 amide bonds. The van der Waals surface area contributed by atoms with Crippen LogP contribution in [0.15, 0.2) is 47.1 Å². The highest BCUT2D eigenvalue weighted by molar-refractivity contribution is 7.99. The molecule has 2 heterocycles. The van der Waals surface area contributed by atoms with Gasteiger partial charge in [0, 0.05) is 17.2 Å². The van der Waals surface area contributed by atoms with Crippen molar-refractivity contribution in [3.05, 3.63) is 53.6 Å². The number of hydrogen-bond acceptors (Lipinski definition) is 2. The summed E-state index contributed by atoms with van der Waals surface area (Å²) in [7, 11) is 0. The van der Waals surface area contributed by atoms with Gasteiger partial charge in [-0.2, -0.15) is 0 Å². The van der Waals surface area contributed by atoms with E-state index in [1.54, 1.807) is 24.3 Å². The van der Waals surface area contributed by atoms with E-state index in [-0.39, 0.29) is 11.6 Å². The van der Waals surface area contributed by atoms with E-state index in [2.05, 4.69) is 11.0 Å². The van der Waals surface area contributed by atoms with E-state index in [1.807, 2.05) is 17.8 Å². The second-order valence-electron chi connectivity index (χ2n) is 7.62. The molecule has 2 aliphatic heterocycles. The Balaban J connectivity index is 1.27. The van der Waals surface area contributed by atoms with Crippen LogP contribution in [0.2, 0.25) is 0 Å². The molecule has 1 aromatic carbocycles. The van der Waals surface area contributed by atoms with Crippen molar-refractivity contribution in [2.45, 2.75) is 30.6 Å². The predicted octanol–water partition coefficient (Wildman–Crippen LogP) is 5.23. The lowest BCUT2D eigenvalue weighted by Gasteiger charge is -2.37. The van der Waals surface area contributed by atoms with Crippen LogP contribution in [0.4, 0.5) is 8.78 Å². The summed E-state index contributed by atoms with van der Waals surface area (Å²) in [5.74, 6) is 2.75. The number of halogens is 2. The molecule has 2 atom stereocenters. The first-order chi connectivity index (χ1) is 12.2. The van der Waals surface area contributed by atoms with E-state index in [1.165, 1.54) is 23.3 Å². The zero-order valence-electron chi connectivity index (χ0n) is 14.5. The number of nitrogens with zero attached hydrogens (tertiary/aromatic N) is 1. The first kappa shape index (κ1) is 17.3. The Hall–Kier alpha value is -1.13. The molecule has 0 N–H and O–H groups in total. The summed E-state index contributed by atoms with van der Waals surface area (Å²) >= 11 is 1.87. The minimum atomic E-state index is -0.119. The fourth-order valence-electron chi connectivity index (χ4n) is 4.43. The summed E-state index contributed by atoms with van der Waals surface area (Å²) in [5.41, 5.74) is 1.18. The maximum absolute atomic E-state index is 13.5. The number of benzene rings is 1. The highest BCUT2D eigenvalue weighted by Crippen LogP contribution is 2.35. The Kier molecular flexibility index (Phi) is 5.28. The van der Waals surface area contributed by atoms with E-state index in [0.29, 0.717) is 17.8 Å². The van der Waals surface area contributed by atoms with Gasteiger partial charge in [-0.05, 0) is 92.4 Å². The van der Waals surface area contributed by atoms with Crippen molar-refractivity contribution in [3.63, 3.8) is 0 Å². The number of thioether (sulfide) groups is 1. The van der Waals surface area contributed by atoms with E-state index in [9.17, 15) is 8.78 Å². The molecule has 2 unspecified atom stereocenters. The average Bonchev–Trinajstić information content (AvgIpc) is 2.63. The molecule has 0 spiro atoms. The zero-order valence-corrected chi connectivity index (χ0v) is 15.3. The first-order valence-electron chi connectivity index (χ1n) is 9.35. The number of piperidine rings is 1. The summed E-state index contributed by atoms with van der Waals surface area (Å²) in [6.07, 6.45) is 9.69. The molecule has 0 aromatic heterocycles. The van der Waals surface area contributed by atoms with Crippen LogP contribution in [0.25, 0.3) is 0 Å². The molecule has 1 aliphatic carbocycles. The van der Waals surface area contributed by atoms with Gasteiger partial charge in [0.15, 0.2) is 0 Å². The molecule has 1 fully saturated rings. The van der Waals surface area contributed by atoms with Crippen LogP contribution >= 0.6 is 11.8 Å². The molecule has 0 saturated carbocycles. The van der Waals surface area contributed by atoms with Crippen molar-refractivity contribution in [1.82, 2.24) is 4.90 Å². The SMILES string of the molecule is FC1=CCC(C2CCN(CC3CSc4ccc(F)cc4C3)CC2)C=C1. The third-order valence-electron chi connectivity index (χ3n) is 5.85. The Labute approximate surface area is 153 Å². The number of fused-ring (bicyclic) bond motifs is 1. The van der Waals surface area contributed by atoms with E-state index in [0.717, 1.165) is 38.2 Å². The summed E-state index contributed by atoms with van der Waals surface area (Å²) in [6.45, 7) is 3.39. The number of rotatable bonds is 3. The molecule has 4 rings (SSSR count). The highest BCUT2D eigenvalue weighted by Gasteiger charge is 2.28. The van der Waals surface area contributed by atoms with Crippen molar-refractivity contribution in [2.75, 3.05) is 25.4 Å². The van der Waals surface area contributed by atoms with Gasteiger partial charge in [0.25, 0.3) is 0 Å². The maximum atomic E-state index is 13.5. The second kappa shape index (κ2) is 7.63. The van der Waals surface area contributed by atoms with Gasteiger partial charge in [-0.25, -0.2) is 8.78 Å². The standard InChI is InChI=1S/C21H25F2NS/c22-19-3-1-16(2-4-19)17-7-9-24(10-8-17)13-15-11-18-12-20(23)5-6-21(18)25-14-15/h1,3-6,12,15-17H,2,7-11,13-14H2. The predicted molar refractivity (Wildman–Crippen MR) is 99.9 cm³/mol. The summed E-state index contributed by atoms with van der Waals surface area (Å²) in [4.78, 5) is 3.83. The van der Waals surface area contributed by atoms with Gasteiger partial charge in [-0.15, -0.1) is 11.8 Å². The molecule has 1 nitrogen and oxygen atoms in total. The molecular formula is C21H25F2NS. The van der Waals surface area contributed by atoms with Crippen LogP contribution in [-0.2, 0) is 6.42 Å². The van der Waals surface area contributed by atoms with Gasteiger partial charge in [-0.3, -0.25) is 0 Å². The largest absolute Gasteiger partial charge is 0.303 e. The van der Waals surface area contributed by atoms with Crippen molar-refractivity contribution in [2.24, 2.45) is 17.8 Å². The van der Waals surface area contributed by atoms with Crippen LogP contribution in [-0.4, -0.2) is 30.3 Å². The fraction of sp³-hybridized carbons (Fsp3) is 0.524. The number of hydrogen-bond donors (Lipinski definition) is 0. The molecular weight excluding hydrogens is 336 g/mol. The highest BCUT2D eigenvalue weighted by atomic mass is 32.2. The summed E-state index contributed by atoms with van der Waals surface area (Å²) in [6, 6.07) is 5.20. The normalized spacial score (nSPS) is 27.8. The van der Waals surface area contributed by atoms with E-state index in [4.69, 9.17) is 0 Å². The second-order valence-corrected chi connectivity index (χ2v) is 8.68. The van der Waals surface area contributed by atoms with Gasteiger partial charge in [0.05, 0.1) is 0 Å². The smallest absolute Gasteiger partial charge is 0.123 e. The molecule has 3 aliphatic rings. The van der Waals surface area contributed by atoms with Crippen molar-refractivity contribution < 1.29 is 8.78 Å². The minimum absolute atomic E-state index is 0.0831. The quantitative estimate of drug-likeness (QED) is 0.725. The van der Waals surface area contributed by atoms with Crippen molar-refractivity contribution in [1.29, 1.82) is 0 Å². The molecule has 0 bridgehead atoms. The Morgan fingerprint density at radius 3 is 2.76 bits per heavy atom. The molecule has 0 radical (unpaired) electrons. The lowest BCUT2D eigenvalue weighted by molar-refractivity contribution is 0.144. The van der Waals surface area contributed by atoms with Crippen LogP contribution in [0.5, 0.6) is 0 Å². The molecule has 1 saturated heterocycles. The van der Waals surface area contributed by atoms with Gasteiger partial charge < -0.3 is 4.90 Å². The number of likely N-dealkylation sites (tertiary alicyclic amines) is 1. The molecule has 134 valence electrons. The van der Waals surface area contributed by atoms with Gasteiger partial charge in [0.1, 0.15) is 11.6 Å². The van der Waals surface area contributed by atoms with Gasteiger partial charge in [0.2, 0.25) is 0 Å². The van der Waals surface area contributed by atoms with Gasteiger partial charge >= 0.3 is 0 Å². The van der Waals surface area contributed by atoms with Crippen LogP contribution < -0.4 is 0 Å². The lowest BCUT2D eigenvalue weighted by atomic mass is 9.80. The molecule has 25 heavy (non-hydrogen) atoms. The Morgan fingerprint density at radius 1 is 1.16 bits per heavy atom. The average molecular weight is 362 g/mol. The fourth-order valence-corrected chi connectivity index (χ4v) is 5.56. The third kappa shape index (κ3) is 4.17. The molecule has 4 heteroatoms. The van der Waals surface area contributed by atoms with E-state index < -0.39 is 0 Å². The topological polar surface area (TPSA) is 3.24 Å². The van der Waals surface area contributed by atoms with Gasteiger partial charge in [-0.1, -0.05) is 6.08 Å². The summed E-state index contributed by atoms with van der Waals surface area (Å²) in [5, 5.41) is 0.